The second kappa shape index (κ2) is 8.52. The van der Waals surface area contributed by atoms with Crippen LogP contribution < -0.4 is 20.8 Å². The number of halogens is 2. The van der Waals surface area contributed by atoms with Crippen LogP contribution in [0.2, 0.25) is 0 Å². The lowest BCUT2D eigenvalue weighted by Gasteiger charge is -2.35. The Morgan fingerprint density at radius 2 is 1.03 bits per heavy atom. The molecule has 4 aromatic rings. The van der Waals surface area contributed by atoms with Gasteiger partial charge >= 0.3 is 0 Å². The molecular formula is C24H19F2N2OP. The molecule has 0 amide bonds. The lowest BCUT2D eigenvalue weighted by molar-refractivity contribution is 0.585. The van der Waals surface area contributed by atoms with Gasteiger partial charge in [-0.05, 0) is 72.8 Å². The molecule has 1 N–H and O–H groups in total. The van der Waals surface area contributed by atoms with Crippen molar-refractivity contribution >= 4 is 29.3 Å². The van der Waals surface area contributed by atoms with Gasteiger partial charge in [0.25, 0.3) is 0 Å². The average molecular weight is 420 g/mol. The zero-order valence-electron chi connectivity index (χ0n) is 16.0. The van der Waals surface area contributed by atoms with Crippen LogP contribution in [0.3, 0.4) is 0 Å². The van der Waals surface area contributed by atoms with Crippen molar-refractivity contribution in [1.29, 1.82) is 0 Å². The Labute approximate surface area is 174 Å². The van der Waals surface area contributed by atoms with E-state index >= 15 is 0 Å². The van der Waals surface area contributed by atoms with Crippen molar-refractivity contribution in [2.75, 3.05) is 10.2 Å². The van der Waals surface area contributed by atoms with E-state index in [9.17, 15) is 13.3 Å². The first kappa shape index (κ1) is 19.9. The zero-order valence-corrected chi connectivity index (χ0v) is 16.8. The molecule has 4 aromatic carbocycles. The summed E-state index contributed by atoms with van der Waals surface area (Å²) >= 11 is 0. The molecule has 0 saturated heterocycles. The van der Waals surface area contributed by atoms with E-state index in [1.807, 2.05) is 36.4 Å². The van der Waals surface area contributed by atoms with Gasteiger partial charge in [-0.1, -0.05) is 36.4 Å². The molecule has 0 saturated carbocycles. The van der Waals surface area contributed by atoms with Crippen molar-refractivity contribution in [3.63, 3.8) is 0 Å². The van der Waals surface area contributed by atoms with E-state index in [1.165, 1.54) is 24.3 Å². The first-order valence-electron chi connectivity index (χ1n) is 9.37. The average Bonchev–Trinajstić information content (AvgIpc) is 2.80. The summed E-state index contributed by atoms with van der Waals surface area (Å²) in [5.74, 6) is -0.766. The fourth-order valence-corrected chi connectivity index (χ4v) is 5.79. The highest BCUT2D eigenvalue weighted by molar-refractivity contribution is 7.80. The van der Waals surface area contributed by atoms with E-state index in [0.717, 1.165) is 0 Å². The maximum absolute atomic E-state index is 14.8. The Morgan fingerprint density at radius 1 is 0.600 bits per heavy atom. The molecular weight excluding hydrogens is 401 g/mol. The minimum Gasteiger partial charge on any atom is -0.292 e. The highest BCUT2D eigenvalue weighted by atomic mass is 31.2. The Balaban J connectivity index is 1.92. The van der Waals surface area contributed by atoms with E-state index in [4.69, 9.17) is 0 Å². The van der Waals surface area contributed by atoms with Gasteiger partial charge in [-0.15, -0.1) is 0 Å². The molecule has 0 bridgehead atoms. The van der Waals surface area contributed by atoms with Crippen LogP contribution in [0, 0.1) is 11.6 Å². The summed E-state index contributed by atoms with van der Waals surface area (Å²) < 4.78 is 43.3. The van der Waals surface area contributed by atoms with E-state index in [-0.39, 0.29) is 5.82 Å². The van der Waals surface area contributed by atoms with Crippen LogP contribution in [0.15, 0.2) is 109 Å². The Morgan fingerprint density at radius 3 is 1.50 bits per heavy atom. The van der Waals surface area contributed by atoms with Crippen molar-refractivity contribution in [2.45, 2.75) is 0 Å². The molecule has 0 heterocycles. The predicted octanol–water partition coefficient (Wildman–Crippen LogP) is 5.73. The van der Waals surface area contributed by atoms with Gasteiger partial charge in [0.15, 0.2) is 0 Å². The summed E-state index contributed by atoms with van der Waals surface area (Å²) in [5.41, 5.74) is 4.22. The first-order chi connectivity index (χ1) is 14.6. The predicted molar refractivity (Wildman–Crippen MR) is 119 cm³/mol. The van der Waals surface area contributed by atoms with E-state index < -0.39 is 13.1 Å². The summed E-state index contributed by atoms with van der Waals surface area (Å²) in [6.45, 7) is 0. The van der Waals surface area contributed by atoms with Gasteiger partial charge in [0, 0.05) is 10.6 Å². The highest BCUT2D eigenvalue weighted by Crippen LogP contribution is 2.49. The molecule has 4 rings (SSSR count). The van der Waals surface area contributed by atoms with Gasteiger partial charge in [-0.2, -0.15) is 0 Å². The molecule has 30 heavy (non-hydrogen) atoms. The number of nitrogens with zero attached hydrogens (tertiary/aromatic N) is 1. The minimum absolute atomic E-state index is 0.372. The number of benzene rings is 4. The number of hydrogen-bond acceptors (Lipinski definition) is 2. The summed E-state index contributed by atoms with van der Waals surface area (Å²) in [4.78, 5) is 0. The fourth-order valence-electron chi connectivity index (χ4n) is 3.17. The fraction of sp³-hybridized carbons (Fsp3) is 0. The maximum Gasteiger partial charge on any atom is 0.247 e. The summed E-state index contributed by atoms with van der Waals surface area (Å²) in [7, 11) is -3.44. The highest BCUT2D eigenvalue weighted by Gasteiger charge is 2.35. The van der Waals surface area contributed by atoms with Gasteiger partial charge in [-0.3, -0.25) is 9.99 Å². The molecule has 0 aliphatic carbocycles. The zero-order chi connectivity index (χ0) is 21.0. The SMILES string of the molecule is O=P(c1ccccc1)(c1ccccc1)N(Nc1ccc(F)cc1)c1ccc(F)cc1. The quantitative estimate of drug-likeness (QED) is 0.320. The number of anilines is 2. The molecule has 0 aliphatic rings. The van der Waals surface area contributed by atoms with Crippen LogP contribution in [0.25, 0.3) is 0 Å². The summed E-state index contributed by atoms with van der Waals surface area (Å²) in [6, 6.07) is 29.7. The van der Waals surface area contributed by atoms with Crippen LogP contribution in [0.4, 0.5) is 20.2 Å². The van der Waals surface area contributed by atoms with Gasteiger partial charge < -0.3 is 0 Å². The largest absolute Gasteiger partial charge is 0.292 e. The molecule has 0 radical (unpaired) electrons. The van der Waals surface area contributed by atoms with Gasteiger partial charge in [-0.25, -0.2) is 13.6 Å². The second-order valence-corrected chi connectivity index (χ2v) is 9.24. The van der Waals surface area contributed by atoms with Gasteiger partial charge in [0.1, 0.15) is 11.6 Å². The monoisotopic (exact) mass is 420 g/mol. The smallest absolute Gasteiger partial charge is 0.247 e. The normalized spacial score (nSPS) is 11.1. The third-order valence-corrected chi connectivity index (χ3v) is 7.53. The third kappa shape index (κ3) is 3.98. The van der Waals surface area contributed by atoms with E-state index in [1.54, 1.807) is 53.3 Å². The van der Waals surface area contributed by atoms with Crippen LogP contribution in [-0.4, -0.2) is 0 Å². The van der Waals surface area contributed by atoms with Crippen molar-refractivity contribution in [3.8, 4) is 0 Å². The van der Waals surface area contributed by atoms with Gasteiger partial charge in [0.2, 0.25) is 7.29 Å². The van der Waals surface area contributed by atoms with Crippen molar-refractivity contribution in [3.05, 3.63) is 121 Å². The van der Waals surface area contributed by atoms with Crippen LogP contribution in [0.5, 0.6) is 0 Å². The number of hydrazine groups is 1. The molecule has 150 valence electrons. The van der Waals surface area contributed by atoms with Crippen molar-refractivity contribution in [1.82, 2.24) is 0 Å². The lowest BCUT2D eigenvalue weighted by atomic mass is 10.3. The first-order valence-corrected chi connectivity index (χ1v) is 11.0. The number of rotatable bonds is 6. The number of hydrogen-bond donors (Lipinski definition) is 1. The van der Waals surface area contributed by atoms with Crippen molar-refractivity contribution < 1.29 is 13.3 Å². The molecule has 0 unspecified atom stereocenters. The number of nitrogens with one attached hydrogen (secondary N) is 1. The van der Waals surface area contributed by atoms with E-state index in [0.29, 0.717) is 22.0 Å². The van der Waals surface area contributed by atoms with Crippen LogP contribution in [-0.2, 0) is 4.57 Å². The summed E-state index contributed by atoms with van der Waals surface area (Å²) in [5, 5.41) is 1.21. The Hall–Kier alpha value is -3.43. The molecule has 0 fully saturated rings. The third-order valence-electron chi connectivity index (χ3n) is 4.64. The maximum atomic E-state index is 14.8. The molecule has 3 nitrogen and oxygen atoms in total. The lowest BCUT2D eigenvalue weighted by Crippen LogP contribution is -2.36. The van der Waals surface area contributed by atoms with Gasteiger partial charge in [0.05, 0.1) is 11.4 Å². The standard InChI is InChI=1S/C24H19F2N2OP/c25-19-11-15-21(16-12-19)27-28(22-17-13-20(26)14-18-22)30(29,23-7-3-1-4-8-23)24-9-5-2-6-10-24/h1-18,27H. The molecule has 0 aliphatic heterocycles. The topological polar surface area (TPSA) is 32.3 Å². The molecule has 0 atom stereocenters. The Kier molecular flexibility index (Phi) is 5.64. The Bertz CT molecular complexity index is 1110. The molecule has 0 spiro atoms. The van der Waals surface area contributed by atoms with Crippen LogP contribution >= 0.6 is 7.29 Å². The molecule has 6 heteroatoms. The van der Waals surface area contributed by atoms with Crippen LogP contribution in [0.1, 0.15) is 0 Å². The molecule has 0 aromatic heterocycles. The summed E-state index contributed by atoms with van der Waals surface area (Å²) in [6.07, 6.45) is 0. The van der Waals surface area contributed by atoms with E-state index in [2.05, 4.69) is 5.43 Å². The van der Waals surface area contributed by atoms with Crippen molar-refractivity contribution in [2.24, 2.45) is 0 Å². The minimum atomic E-state index is -3.44. The second-order valence-electron chi connectivity index (χ2n) is 6.65.